The third-order valence-electron chi connectivity index (χ3n) is 5.07. The van der Waals surface area contributed by atoms with Crippen molar-refractivity contribution < 1.29 is 9.53 Å². The summed E-state index contributed by atoms with van der Waals surface area (Å²) in [7, 11) is 0. The van der Waals surface area contributed by atoms with E-state index in [1.807, 2.05) is 0 Å². The van der Waals surface area contributed by atoms with Crippen LogP contribution in [-0.4, -0.2) is 12.9 Å². The van der Waals surface area contributed by atoms with Crippen LogP contribution in [-0.2, 0) is 22.0 Å². The van der Waals surface area contributed by atoms with Gasteiger partial charge in [-0.05, 0) is 35.7 Å². The summed E-state index contributed by atoms with van der Waals surface area (Å²) in [6, 6.07) is 4.32. The van der Waals surface area contributed by atoms with Crippen molar-refractivity contribution >= 4 is 6.29 Å². The summed E-state index contributed by atoms with van der Waals surface area (Å²) in [5.74, 6) is 0.982. The summed E-state index contributed by atoms with van der Waals surface area (Å²) in [4.78, 5) is 11.1. The zero-order valence-corrected chi connectivity index (χ0v) is 14.8. The SMILES string of the molecule is CCCCOc1c(CC=O)ccc2c1C(C)(C)CCC2(C)C. The summed E-state index contributed by atoms with van der Waals surface area (Å²) in [5.41, 5.74) is 4.04. The molecule has 0 unspecified atom stereocenters. The van der Waals surface area contributed by atoms with Gasteiger partial charge in [0.15, 0.2) is 0 Å². The molecule has 0 atom stereocenters. The largest absolute Gasteiger partial charge is 0.493 e. The predicted octanol–water partition coefficient (Wildman–Crippen LogP) is 4.96. The molecule has 0 amide bonds. The van der Waals surface area contributed by atoms with Gasteiger partial charge in [0.25, 0.3) is 0 Å². The molecule has 2 heteroatoms. The molecule has 0 heterocycles. The molecule has 0 aliphatic heterocycles. The average molecular weight is 302 g/mol. The van der Waals surface area contributed by atoms with E-state index in [-0.39, 0.29) is 10.8 Å². The van der Waals surface area contributed by atoms with Gasteiger partial charge in [-0.1, -0.05) is 53.2 Å². The van der Waals surface area contributed by atoms with Gasteiger partial charge in [-0.15, -0.1) is 0 Å². The molecule has 22 heavy (non-hydrogen) atoms. The average Bonchev–Trinajstić information content (AvgIpc) is 2.45. The Kier molecular flexibility index (Phi) is 4.99. The lowest BCUT2D eigenvalue weighted by atomic mass is 9.62. The number of rotatable bonds is 6. The van der Waals surface area contributed by atoms with Crippen molar-refractivity contribution in [2.24, 2.45) is 0 Å². The molecule has 1 aliphatic rings. The van der Waals surface area contributed by atoms with Gasteiger partial charge in [-0.3, -0.25) is 0 Å². The van der Waals surface area contributed by atoms with Gasteiger partial charge >= 0.3 is 0 Å². The van der Waals surface area contributed by atoms with Gasteiger partial charge in [-0.25, -0.2) is 0 Å². The van der Waals surface area contributed by atoms with Crippen molar-refractivity contribution in [3.63, 3.8) is 0 Å². The molecule has 2 rings (SSSR count). The molecule has 1 aromatic carbocycles. The highest BCUT2D eigenvalue weighted by molar-refractivity contribution is 5.62. The van der Waals surface area contributed by atoms with Crippen LogP contribution in [0.5, 0.6) is 5.75 Å². The quantitative estimate of drug-likeness (QED) is 0.548. The number of ether oxygens (including phenoxy) is 1. The maximum absolute atomic E-state index is 11.1. The van der Waals surface area contributed by atoms with Gasteiger partial charge in [0.05, 0.1) is 6.61 Å². The Morgan fingerprint density at radius 1 is 1.14 bits per heavy atom. The van der Waals surface area contributed by atoms with Gasteiger partial charge in [0, 0.05) is 17.5 Å². The first-order valence-corrected chi connectivity index (χ1v) is 8.57. The second-order valence-electron chi connectivity index (χ2n) is 7.82. The van der Waals surface area contributed by atoms with Crippen LogP contribution < -0.4 is 4.74 Å². The minimum absolute atomic E-state index is 0.102. The standard InChI is InChI=1S/C20H30O2/c1-6-7-14-22-18-15(10-13-21)8-9-16-17(18)20(4,5)12-11-19(16,2)3/h8-9,13H,6-7,10-12,14H2,1-5H3. The van der Waals surface area contributed by atoms with Crippen LogP contribution in [0.15, 0.2) is 12.1 Å². The van der Waals surface area contributed by atoms with Crippen molar-refractivity contribution in [3.05, 3.63) is 28.8 Å². The zero-order valence-electron chi connectivity index (χ0n) is 14.8. The maximum atomic E-state index is 11.1. The highest BCUT2D eigenvalue weighted by atomic mass is 16.5. The van der Waals surface area contributed by atoms with Crippen LogP contribution in [0.25, 0.3) is 0 Å². The van der Waals surface area contributed by atoms with Crippen LogP contribution in [0.2, 0.25) is 0 Å². The molecule has 0 bridgehead atoms. The van der Waals surface area contributed by atoms with Crippen LogP contribution in [0.1, 0.15) is 77.0 Å². The first-order chi connectivity index (χ1) is 10.3. The predicted molar refractivity (Wildman–Crippen MR) is 91.9 cm³/mol. The smallest absolute Gasteiger partial charge is 0.126 e. The lowest BCUT2D eigenvalue weighted by Gasteiger charge is -2.43. The number of hydrogen-bond acceptors (Lipinski definition) is 2. The van der Waals surface area contributed by atoms with E-state index >= 15 is 0 Å². The van der Waals surface area contributed by atoms with Gasteiger partial charge in [0.1, 0.15) is 12.0 Å². The van der Waals surface area contributed by atoms with Crippen molar-refractivity contribution in [1.82, 2.24) is 0 Å². The number of benzene rings is 1. The van der Waals surface area contributed by atoms with E-state index < -0.39 is 0 Å². The number of carbonyl (C=O) groups excluding carboxylic acids is 1. The lowest BCUT2D eigenvalue weighted by molar-refractivity contribution is -0.107. The van der Waals surface area contributed by atoms with Crippen LogP contribution in [0.3, 0.4) is 0 Å². The van der Waals surface area contributed by atoms with Crippen molar-refractivity contribution in [1.29, 1.82) is 0 Å². The molecule has 1 aliphatic carbocycles. The van der Waals surface area contributed by atoms with E-state index in [1.54, 1.807) is 0 Å². The van der Waals surface area contributed by atoms with Gasteiger partial charge < -0.3 is 9.53 Å². The summed E-state index contributed by atoms with van der Waals surface area (Å²) in [6.45, 7) is 12.1. The Morgan fingerprint density at radius 3 is 2.45 bits per heavy atom. The second-order valence-corrected chi connectivity index (χ2v) is 7.82. The van der Waals surface area contributed by atoms with E-state index in [9.17, 15) is 4.79 Å². The molecule has 2 nitrogen and oxygen atoms in total. The maximum Gasteiger partial charge on any atom is 0.126 e. The van der Waals surface area contributed by atoms with E-state index in [1.165, 1.54) is 17.5 Å². The molecule has 0 radical (unpaired) electrons. The summed E-state index contributed by atoms with van der Waals surface area (Å²) in [6.07, 6.45) is 5.93. The molecular formula is C20H30O2. The molecule has 0 aromatic heterocycles. The topological polar surface area (TPSA) is 26.3 Å². The Balaban J connectivity index is 2.57. The van der Waals surface area contributed by atoms with E-state index in [4.69, 9.17) is 4.74 Å². The first-order valence-electron chi connectivity index (χ1n) is 8.57. The normalized spacial score (nSPS) is 18.6. The third kappa shape index (κ3) is 3.21. The highest BCUT2D eigenvalue weighted by Crippen LogP contribution is 2.50. The van der Waals surface area contributed by atoms with E-state index in [2.05, 4.69) is 46.8 Å². The summed E-state index contributed by atoms with van der Waals surface area (Å²) in [5, 5.41) is 0. The fraction of sp³-hybridized carbons (Fsp3) is 0.650. The minimum Gasteiger partial charge on any atom is -0.493 e. The lowest BCUT2D eigenvalue weighted by Crippen LogP contribution is -2.34. The number of aldehydes is 1. The van der Waals surface area contributed by atoms with Crippen LogP contribution >= 0.6 is 0 Å². The fourth-order valence-electron chi connectivity index (χ4n) is 3.48. The summed E-state index contributed by atoms with van der Waals surface area (Å²) >= 11 is 0. The number of fused-ring (bicyclic) bond motifs is 1. The molecule has 1 aromatic rings. The molecular weight excluding hydrogens is 272 g/mol. The van der Waals surface area contributed by atoms with Crippen molar-refractivity contribution in [3.8, 4) is 5.75 Å². The number of unbranched alkanes of at least 4 members (excludes halogenated alkanes) is 1. The minimum atomic E-state index is 0.102. The van der Waals surface area contributed by atoms with Gasteiger partial charge in [0.2, 0.25) is 0 Å². The highest BCUT2D eigenvalue weighted by Gasteiger charge is 2.39. The molecule has 0 saturated carbocycles. The van der Waals surface area contributed by atoms with Crippen LogP contribution in [0.4, 0.5) is 0 Å². The first kappa shape index (κ1) is 17.1. The molecule has 0 fully saturated rings. The van der Waals surface area contributed by atoms with Crippen LogP contribution in [0, 0.1) is 0 Å². The molecule has 0 spiro atoms. The fourth-order valence-corrected chi connectivity index (χ4v) is 3.48. The van der Waals surface area contributed by atoms with E-state index in [0.29, 0.717) is 6.42 Å². The molecule has 0 N–H and O–H groups in total. The Bertz CT molecular complexity index is 541. The number of carbonyl (C=O) groups is 1. The van der Waals surface area contributed by atoms with Crippen molar-refractivity contribution in [2.45, 2.75) is 77.6 Å². The van der Waals surface area contributed by atoms with E-state index in [0.717, 1.165) is 43.5 Å². The zero-order chi connectivity index (χ0) is 16.4. The third-order valence-corrected chi connectivity index (χ3v) is 5.07. The van der Waals surface area contributed by atoms with Crippen molar-refractivity contribution in [2.75, 3.05) is 6.61 Å². The Morgan fingerprint density at radius 2 is 1.82 bits per heavy atom. The second kappa shape index (κ2) is 6.44. The number of hydrogen-bond donors (Lipinski definition) is 0. The summed E-state index contributed by atoms with van der Waals surface area (Å²) < 4.78 is 6.20. The van der Waals surface area contributed by atoms with Gasteiger partial charge in [-0.2, -0.15) is 0 Å². The molecule has 0 saturated heterocycles. The Labute approximate surface area is 135 Å². The molecule has 122 valence electrons. The monoisotopic (exact) mass is 302 g/mol. The Hall–Kier alpha value is -1.31.